The van der Waals surface area contributed by atoms with Gasteiger partial charge in [-0.3, -0.25) is 9.69 Å². The highest BCUT2D eigenvalue weighted by atomic mass is 32.1. The number of nitrogens with zero attached hydrogens (tertiary/aromatic N) is 1. The highest BCUT2D eigenvalue weighted by Gasteiger charge is 2.28. The zero-order valence-electron chi connectivity index (χ0n) is 11.8. The quantitative estimate of drug-likeness (QED) is 0.941. The topological polar surface area (TPSA) is 32.3 Å². The number of rotatable bonds is 3. The Morgan fingerprint density at radius 2 is 2.25 bits per heavy atom. The highest BCUT2D eigenvalue weighted by Crippen LogP contribution is 2.28. The molecule has 106 valence electrons. The van der Waals surface area contributed by atoms with Crippen molar-refractivity contribution in [1.29, 1.82) is 0 Å². The summed E-state index contributed by atoms with van der Waals surface area (Å²) in [6.45, 7) is 1.89. The first kappa shape index (κ1) is 13.6. The lowest BCUT2D eigenvalue weighted by Crippen LogP contribution is -2.48. The lowest BCUT2D eigenvalue weighted by Gasteiger charge is -2.34. The Bertz CT molecular complexity index is 607. The number of likely N-dealkylation sites (tertiary alicyclic amines) is 1. The largest absolute Gasteiger partial charge is 0.358 e. The van der Waals surface area contributed by atoms with Gasteiger partial charge in [0.05, 0.1) is 6.04 Å². The molecule has 0 radical (unpaired) electrons. The molecule has 1 aromatic heterocycles. The summed E-state index contributed by atoms with van der Waals surface area (Å²) >= 11 is 1.79. The van der Waals surface area contributed by atoms with E-state index in [4.69, 9.17) is 0 Å². The third-order valence-corrected chi connectivity index (χ3v) is 5.11. The van der Waals surface area contributed by atoms with E-state index in [0.29, 0.717) is 0 Å². The first-order valence-electron chi connectivity index (χ1n) is 7.20. The van der Waals surface area contributed by atoms with E-state index in [1.807, 2.05) is 0 Å². The monoisotopic (exact) mass is 288 g/mol. The minimum Gasteiger partial charge on any atom is -0.358 e. The highest BCUT2D eigenvalue weighted by molar-refractivity contribution is 7.17. The zero-order valence-corrected chi connectivity index (χ0v) is 12.6. The summed E-state index contributed by atoms with van der Waals surface area (Å²) in [5, 5.41) is 6.37. The van der Waals surface area contributed by atoms with Crippen molar-refractivity contribution in [3.05, 3.63) is 35.2 Å². The third kappa shape index (κ3) is 2.58. The van der Waals surface area contributed by atoms with Crippen molar-refractivity contribution in [3.8, 4) is 0 Å². The summed E-state index contributed by atoms with van der Waals surface area (Å²) in [5.74, 6) is 0.157. The van der Waals surface area contributed by atoms with Gasteiger partial charge in [-0.2, -0.15) is 0 Å². The summed E-state index contributed by atoms with van der Waals surface area (Å²) in [6.07, 6.45) is 3.32. The maximum absolute atomic E-state index is 12.0. The van der Waals surface area contributed by atoms with Crippen molar-refractivity contribution in [3.63, 3.8) is 0 Å². The molecule has 0 aliphatic carbocycles. The van der Waals surface area contributed by atoms with Crippen LogP contribution in [0.25, 0.3) is 10.1 Å². The fourth-order valence-electron chi connectivity index (χ4n) is 3.02. The summed E-state index contributed by atoms with van der Waals surface area (Å²) in [4.78, 5) is 14.3. The van der Waals surface area contributed by atoms with E-state index in [0.717, 1.165) is 25.9 Å². The van der Waals surface area contributed by atoms with Crippen LogP contribution in [0.4, 0.5) is 0 Å². The average molecular weight is 288 g/mol. The Hall–Kier alpha value is -1.39. The van der Waals surface area contributed by atoms with E-state index < -0.39 is 0 Å². The number of amides is 1. The number of benzene rings is 1. The zero-order chi connectivity index (χ0) is 13.9. The van der Waals surface area contributed by atoms with E-state index in [1.165, 1.54) is 22.1 Å². The minimum atomic E-state index is 0.0346. The van der Waals surface area contributed by atoms with E-state index in [2.05, 4.69) is 39.9 Å². The number of carbonyl (C=O) groups is 1. The van der Waals surface area contributed by atoms with Gasteiger partial charge in [0.25, 0.3) is 0 Å². The van der Waals surface area contributed by atoms with Crippen LogP contribution >= 0.6 is 11.3 Å². The molecular weight excluding hydrogens is 268 g/mol. The smallest absolute Gasteiger partial charge is 0.237 e. The second kappa shape index (κ2) is 5.94. The summed E-state index contributed by atoms with van der Waals surface area (Å²) in [5.41, 5.74) is 1.35. The molecule has 3 nitrogen and oxygen atoms in total. The van der Waals surface area contributed by atoms with E-state index in [1.54, 1.807) is 18.4 Å². The van der Waals surface area contributed by atoms with Gasteiger partial charge in [-0.1, -0.05) is 24.6 Å². The Balaban J connectivity index is 1.83. The maximum Gasteiger partial charge on any atom is 0.237 e. The number of hydrogen-bond acceptors (Lipinski definition) is 3. The van der Waals surface area contributed by atoms with Gasteiger partial charge in [0.15, 0.2) is 0 Å². The van der Waals surface area contributed by atoms with Gasteiger partial charge in [0.1, 0.15) is 0 Å². The molecule has 0 bridgehead atoms. The van der Waals surface area contributed by atoms with Crippen LogP contribution in [0, 0.1) is 0 Å². The standard InChI is InChI=1S/C16H20N2OS/c1-17-16(19)14-7-4-5-9-18(14)10-12-11-20-15-8-3-2-6-13(12)15/h2-3,6,8,11,14H,4-5,7,9-10H2,1H3,(H,17,19). The molecule has 1 aromatic carbocycles. The molecular formula is C16H20N2OS. The predicted molar refractivity (Wildman–Crippen MR) is 83.9 cm³/mol. The number of hydrogen-bond donors (Lipinski definition) is 1. The first-order chi connectivity index (χ1) is 9.79. The molecule has 0 spiro atoms. The van der Waals surface area contributed by atoms with E-state index >= 15 is 0 Å². The average Bonchev–Trinajstić information content (AvgIpc) is 2.90. The Morgan fingerprint density at radius 1 is 1.40 bits per heavy atom. The molecule has 1 N–H and O–H groups in total. The van der Waals surface area contributed by atoms with Crippen molar-refractivity contribution in [2.45, 2.75) is 31.8 Å². The van der Waals surface area contributed by atoms with Crippen molar-refractivity contribution < 1.29 is 4.79 Å². The molecule has 1 unspecified atom stereocenters. The van der Waals surface area contributed by atoms with Crippen molar-refractivity contribution in [2.24, 2.45) is 0 Å². The molecule has 3 rings (SSSR count). The van der Waals surface area contributed by atoms with Crippen LogP contribution in [0.2, 0.25) is 0 Å². The normalized spacial score (nSPS) is 20.1. The second-order valence-corrected chi connectivity index (χ2v) is 6.26. The van der Waals surface area contributed by atoms with Gasteiger partial charge in [-0.05, 0) is 41.8 Å². The fourth-order valence-corrected chi connectivity index (χ4v) is 3.97. The molecule has 4 heteroatoms. The Morgan fingerprint density at radius 3 is 3.10 bits per heavy atom. The Kier molecular flexibility index (Phi) is 4.03. The number of piperidine rings is 1. The van der Waals surface area contributed by atoms with Crippen LogP contribution in [0.5, 0.6) is 0 Å². The fraction of sp³-hybridized carbons (Fsp3) is 0.438. The number of fused-ring (bicyclic) bond motifs is 1. The molecule has 2 aromatic rings. The number of carbonyl (C=O) groups excluding carboxylic acids is 1. The van der Waals surface area contributed by atoms with Crippen LogP contribution in [-0.2, 0) is 11.3 Å². The van der Waals surface area contributed by atoms with Crippen LogP contribution < -0.4 is 5.32 Å². The van der Waals surface area contributed by atoms with Crippen molar-refractivity contribution >= 4 is 27.3 Å². The summed E-state index contributed by atoms with van der Waals surface area (Å²) in [6, 6.07) is 8.55. The molecule has 1 amide bonds. The van der Waals surface area contributed by atoms with Crippen LogP contribution in [0.15, 0.2) is 29.6 Å². The maximum atomic E-state index is 12.0. The van der Waals surface area contributed by atoms with Gasteiger partial charge >= 0.3 is 0 Å². The van der Waals surface area contributed by atoms with Gasteiger partial charge in [0, 0.05) is 18.3 Å². The van der Waals surface area contributed by atoms with Gasteiger partial charge in [-0.15, -0.1) is 11.3 Å². The second-order valence-electron chi connectivity index (χ2n) is 5.35. The van der Waals surface area contributed by atoms with Crippen LogP contribution in [0.1, 0.15) is 24.8 Å². The SMILES string of the molecule is CNC(=O)C1CCCCN1Cc1csc2ccccc12. The molecule has 1 aliphatic heterocycles. The van der Waals surface area contributed by atoms with Gasteiger partial charge < -0.3 is 5.32 Å². The molecule has 1 fully saturated rings. The Labute approximate surface area is 123 Å². The summed E-state index contributed by atoms with van der Waals surface area (Å²) < 4.78 is 1.33. The number of thiophene rings is 1. The lowest BCUT2D eigenvalue weighted by atomic mass is 10.0. The molecule has 20 heavy (non-hydrogen) atoms. The molecule has 2 heterocycles. The van der Waals surface area contributed by atoms with E-state index in [9.17, 15) is 4.79 Å². The van der Waals surface area contributed by atoms with Crippen LogP contribution in [0.3, 0.4) is 0 Å². The molecule has 1 atom stereocenters. The predicted octanol–water partition coefficient (Wildman–Crippen LogP) is 3.00. The van der Waals surface area contributed by atoms with Crippen molar-refractivity contribution in [1.82, 2.24) is 10.2 Å². The van der Waals surface area contributed by atoms with Gasteiger partial charge in [-0.25, -0.2) is 0 Å². The van der Waals surface area contributed by atoms with Gasteiger partial charge in [0.2, 0.25) is 5.91 Å². The lowest BCUT2D eigenvalue weighted by molar-refractivity contribution is -0.127. The number of likely N-dealkylation sites (N-methyl/N-ethyl adjacent to an activating group) is 1. The molecule has 0 saturated carbocycles. The third-order valence-electron chi connectivity index (χ3n) is 4.10. The molecule has 1 aliphatic rings. The summed E-state index contributed by atoms with van der Waals surface area (Å²) in [7, 11) is 1.73. The molecule has 1 saturated heterocycles. The van der Waals surface area contributed by atoms with Crippen molar-refractivity contribution in [2.75, 3.05) is 13.6 Å². The van der Waals surface area contributed by atoms with Crippen LogP contribution in [-0.4, -0.2) is 30.4 Å². The first-order valence-corrected chi connectivity index (χ1v) is 8.08. The number of nitrogens with one attached hydrogen (secondary N) is 1. The van der Waals surface area contributed by atoms with E-state index in [-0.39, 0.29) is 11.9 Å². The minimum absolute atomic E-state index is 0.0346.